The van der Waals surface area contributed by atoms with Crippen molar-refractivity contribution in [1.82, 2.24) is 5.32 Å². The summed E-state index contributed by atoms with van der Waals surface area (Å²) in [5.74, 6) is -1.04. The van der Waals surface area contributed by atoms with E-state index in [4.69, 9.17) is 9.84 Å². The smallest absolute Gasteiger partial charge is 0.303 e. The van der Waals surface area contributed by atoms with E-state index in [0.29, 0.717) is 49.2 Å². The summed E-state index contributed by atoms with van der Waals surface area (Å²) < 4.78 is 5.61. The molecule has 0 aliphatic carbocycles. The summed E-state index contributed by atoms with van der Waals surface area (Å²) in [5, 5.41) is 11.4. The summed E-state index contributed by atoms with van der Waals surface area (Å²) in [4.78, 5) is 49.0. The van der Waals surface area contributed by atoms with E-state index in [9.17, 15) is 19.2 Å². The van der Waals surface area contributed by atoms with E-state index in [-0.39, 0.29) is 30.6 Å². The van der Waals surface area contributed by atoms with Crippen molar-refractivity contribution in [3.05, 3.63) is 23.8 Å². The summed E-state index contributed by atoms with van der Waals surface area (Å²) >= 11 is 0. The Morgan fingerprint density at radius 1 is 1.17 bits per heavy atom. The van der Waals surface area contributed by atoms with Crippen molar-refractivity contribution in [2.75, 3.05) is 18.0 Å². The van der Waals surface area contributed by atoms with Gasteiger partial charge in [-0.05, 0) is 44.4 Å². The molecule has 1 unspecified atom stereocenters. The third-order valence-corrected chi connectivity index (χ3v) is 4.66. The first-order chi connectivity index (χ1) is 13.8. The zero-order chi connectivity index (χ0) is 21.4. The second-order valence-electron chi connectivity index (χ2n) is 7.09. The van der Waals surface area contributed by atoms with E-state index in [0.717, 1.165) is 6.42 Å². The number of carboxylic acid groups (broad SMARTS) is 1. The zero-order valence-electron chi connectivity index (χ0n) is 16.9. The molecule has 0 spiro atoms. The van der Waals surface area contributed by atoms with Gasteiger partial charge < -0.3 is 15.2 Å². The highest BCUT2D eigenvalue weighted by Crippen LogP contribution is 2.35. The molecule has 0 aromatic heterocycles. The number of Topliss-reactive ketones (excluding diaryl/α,β-unsaturated/α-hetero) is 1. The number of ketones is 1. The third-order valence-electron chi connectivity index (χ3n) is 4.66. The number of rotatable bonds is 11. The fourth-order valence-corrected chi connectivity index (χ4v) is 3.12. The third kappa shape index (κ3) is 6.30. The summed E-state index contributed by atoms with van der Waals surface area (Å²) in [6.07, 6.45) is 2.46. The number of nitrogens with zero attached hydrogens (tertiary/aromatic N) is 1. The van der Waals surface area contributed by atoms with Gasteiger partial charge in [-0.2, -0.15) is 0 Å². The average molecular weight is 404 g/mol. The molecule has 1 heterocycles. The first-order valence-electron chi connectivity index (χ1n) is 9.97. The van der Waals surface area contributed by atoms with Gasteiger partial charge in [-0.3, -0.25) is 24.1 Å². The lowest BCUT2D eigenvalue weighted by Crippen LogP contribution is -2.49. The van der Waals surface area contributed by atoms with Gasteiger partial charge in [0.15, 0.2) is 11.9 Å². The van der Waals surface area contributed by atoms with Crippen LogP contribution in [-0.2, 0) is 14.4 Å². The molecule has 2 amide bonds. The van der Waals surface area contributed by atoms with Crippen LogP contribution in [-0.4, -0.2) is 47.9 Å². The van der Waals surface area contributed by atoms with E-state index in [1.165, 1.54) is 4.90 Å². The second kappa shape index (κ2) is 10.6. The van der Waals surface area contributed by atoms with Gasteiger partial charge in [0.2, 0.25) is 5.91 Å². The Labute approximate surface area is 170 Å². The van der Waals surface area contributed by atoms with Crippen LogP contribution in [0, 0.1) is 0 Å². The highest BCUT2D eigenvalue weighted by molar-refractivity contribution is 6.05. The number of carbonyl (C=O) groups is 4. The minimum absolute atomic E-state index is 0.0212. The molecule has 8 heteroatoms. The lowest BCUT2D eigenvalue weighted by molar-refractivity contribution is -0.137. The number of nitrogens with one attached hydrogen (secondary N) is 1. The van der Waals surface area contributed by atoms with Crippen LogP contribution in [0.25, 0.3) is 0 Å². The normalized spacial score (nSPS) is 15.4. The van der Waals surface area contributed by atoms with Gasteiger partial charge in [0.1, 0.15) is 12.3 Å². The number of carboxylic acids is 1. The average Bonchev–Trinajstić information content (AvgIpc) is 2.67. The van der Waals surface area contributed by atoms with Gasteiger partial charge in [0, 0.05) is 24.9 Å². The van der Waals surface area contributed by atoms with Crippen molar-refractivity contribution in [2.24, 2.45) is 0 Å². The number of hydrogen-bond donors (Lipinski definition) is 2. The number of aliphatic carboxylic acids is 1. The number of fused-ring (bicyclic) bond motifs is 1. The largest absolute Gasteiger partial charge is 0.481 e. The van der Waals surface area contributed by atoms with E-state index in [1.54, 1.807) is 25.1 Å². The van der Waals surface area contributed by atoms with Crippen molar-refractivity contribution < 1.29 is 29.0 Å². The van der Waals surface area contributed by atoms with Crippen LogP contribution in [0.15, 0.2) is 18.2 Å². The molecule has 0 fully saturated rings. The van der Waals surface area contributed by atoms with Gasteiger partial charge in [0.05, 0.1) is 5.69 Å². The Balaban J connectivity index is 2.01. The molecule has 1 aromatic rings. The fourth-order valence-electron chi connectivity index (χ4n) is 3.12. The number of ether oxygens (including phenoxy) is 1. The molecule has 2 rings (SSSR count). The summed E-state index contributed by atoms with van der Waals surface area (Å²) in [6, 6.07) is 4.94. The Bertz CT molecular complexity index is 776. The zero-order valence-corrected chi connectivity index (χ0v) is 16.9. The number of carbonyl (C=O) groups excluding carboxylic acids is 3. The lowest BCUT2D eigenvalue weighted by atomic mass is 10.0. The molecule has 1 atom stereocenters. The van der Waals surface area contributed by atoms with Gasteiger partial charge in [-0.1, -0.05) is 13.3 Å². The van der Waals surface area contributed by atoms with E-state index in [2.05, 4.69) is 5.32 Å². The monoisotopic (exact) mass is 404 g/mol. The van der Waals surface area contributed by atoms with Crippen molar-refractivity contribution in [3.8, 4) is 5.75 Å². The topological polar surface area (TPSA) is 113 Å². The minimum atomic E-state index is -0.829. The molecule has 29 heavy (non-hydrogen) atoms. The highest BCUT2D eigenvalue weighted by Gasteiger charge is 2.33. The standard InChI is InChI=1S/C21H28N2O6/c1-3-7-17(24)15-9-10-18-16(12-15)23(21(28)14(2)29-18)13-19(25)22-11-6-4-5-8-20(26)27/h9-10,12,14H,3-8,11,13H2,1-2H3,(H,22,25)(H,26,27). The molecule has 158 valence electrons. The number of unbranched alkanes of at least 4 members (excludes halogenated alkanes) is 2. The Kier molecular flexibility index (Phi) is 8.18. The molecular weight excluding hydrogens is 376 g/mol. The Morgan fingerprint density at radius 2 is 1.93 bits per heavy atom. The van der Waals surface area contributed by atoms with E-state index >= 15 is 0 Å². The van der Waals surface area contributed by atoms with E-state index < -0.39 is 12.1 Å². The minimum Gasteiger partial charge on any atom is -0.481 e. The molecule has 0 bridgehead atoms. The Morgan fingerprint density at radius 3 is 2.62 bits per heavy atom. The van der Waals surface area contributed by atoms with Gasteiger partial charge in [0.25, 0.3) is 5.91 Å². The van der Waals surface area contributed by atoms with Gasteiger partial charge in [-0.15, -0.1) is 0 Å². The molecule has 0 saturated heterocycles. The molecule has 1 aliphatic heterocycles. The predicted octanol–water partition coefficient (Wildman–Crippen LogP) is 2.54. The summed E-state index contributed by atoms with van der Waals surface area (Å²) in [7, 11) is 0. The second-order valence-corrected chi connectivity index (χ2v) is 7.09. The predicted molar refractivity (Wildman–Crippen MR) is 107 cm³/mol. The molecule has 8 nitrogen and oxygen atoms in total. The van der Waals surface area contributed by atoms with E-state index in [1.807, 2.05) is 6.92 Å². The van der Waals surface area contributed by atoms with Gasteiger partial charge in [-0.25, -0.2) is 0 Å². The molecule has 0 radical (unpaired) electrons. The first kappa shape index (κ1) is 22.4. The molecule has 0 saturated carbocycles. The maximum atomic E-state index is 12.6. The van der Waals surface area contributed by atoms with Crippen LogP contribution in [0.4, 0.5) is 5.69 Å². The molecule has 1 aliphatic rings. The van der Waals surface area contributed by atoms with Crippen LogP contribution < -0.4 is 15.0 Å². The number of benzene rings is 1. The summed E-state index contributed by atoms with van der Waals surface area (Å²) in [6.45, 7) is 3.78. The fraction of sp³-hybridized carbons (Fsp3) is 0.524. The van der Waals surface area contributed by atoms with Crippen LogP contribution in [0.5, 0.6) is 5.75 Å². The summed E-state index contributed by atoms with van der Waals surface area (Å²) in [5.41, 5.74) is 0.909. The van der Waals surface area contributed by atoms with Gasteiger partial charge >= 0.3 is 5.97 Å². The van der Waals surface area contributed by atoms with Crippen LogP contribution in [0.2, 0.25) is 0 Å². The SMILES string of the molecule is CCCC(=O)c1ccc2c(c1)N(CC(=O)NCCCCCC(=O)O)C(=O)C(C)O2. The molecule has 1 aromatic carbocycles. The Hall–Kier alpha value is -2.90. The van der Waals surface area contributed by atoms with Crippen LogP contribution in [0.1, 0.15) is 62.7 Å². The molecular formula is C21H28N2O6. The maximum Gasteiger partial charge on any atom is 0.303 e. The van der Waals surface area contributed by atoms with Crippen molar-refractivity contribution in [1.29, 1.82) is 0 Å². The first-order valence-corrected chi connectivity index (χ1v) is 9.97. The van der Waals surface area contributed by atoms with Crippen molar-refractivity contribution in [2.45, 2.75) is 58.5 Å². The molecule has 2 N–H and O–H groups in total. The van der Waals surface area contributed by atoms with Crippen LogP contribution in [0.3, 0.4) is 0 Å². The lowest BCUT2D eigenvalue weighted by Gasteiger charge is -2.32. The number of hydrogen-bond acceptors (Lipinski definition) is 5. The maximum absolute atomic E-state index is 12.6. The number of anilines is 1. The quantitative estimate of drug-likeness (QED) is 0.433. The highest BCUT2D eigenvalue weighted by atomic mass is 16.5. The van der Waals surface area contributed by atoms with Crippen LogP contribution >= 0.6 is 0 Å². The number of amides is 2. The van der Waals surface area contributed by atoms with Crippen molar-refractivity contribution in [3.63, 3.8) is 0 Å². The van der Waals surface area contributed by atoms with Crippen molar-refractivity contribution >= 4 is 29.3 Å².